The van der Waals surface area contributed by atoms with Gasteiger partial charge in [-0.25, -0.2) is 9.78 Å². The topological polar surface area (TPSA) is 112 Å². The summed E-state index contributed by atoms with van der Waals surface area (Å²) in [6, 6.07) is 6.45. The average molecular weight is 268 g/mol. The molecule has 3 aromatic heterocycles. The van der Waals surface area contributed by atoms with Crippen molar-refractivity contribution in [3.8, 4) is 17.1 Å². The number of aromatic nitrogens is 6. The van der Waals surface area contributed by atoms with Crippen LogP contribution in [-0.2, 0) is 0 Å². The van der Waals surface area contributed by atoms with Gasteiger partial charge in [-0.15, -0.1) is 5.10 Å². The summed E-state index contributed by atoms with van der Waals surface area (Å²) in [5.41, 5.74) is 1.25. The van der Waals surface area contributed by atoms with Crippen molar-refractivity contribution in [2.75, 3.05) is 0 Å². The van der Waals surface area contributed by atoms with Gasteiger partial charge in [0, 0.05) is 5.56 Å². The SMILES string of the molecule is O=c1[nH]c2[nH]ncc2c2nc(-c3ccc(O)cc3)nn12. The Morgan fingerprint density at radius 1 is 1.20 bits per heavy atom. The lowest BCUT2D eigenvalue weighted by Crippen LogP contribution is -2.17. The molecule has 0 atom stereocenters. The number of benzene rings is 1. The highest BCUT2D eigenvalue weighted by Gasteiger charge is 2.13. The minimum absolute atomic E-state index is 0.160. The van der Waals surface area contributed by atoms with Gasteiger partial charge < -0.3 is 5.11 Å². The molecule has 0 unspecified atom stereocenters. The third-order valence-electron chi connectivity index (χ3n) is 3.04. The van der Waals surface area contributed by atoms with E-state index in [4.69, 9.17) is 0 Å². The van der Waals surface area contributed by atoms with E-state index >= 15 is 0 Å². The highest BCUT2D eigenvalue weighted by molar-refractivity contribution is 5.88. The molecule has 4 rings (SSSR count). The lowest BCUT2D eigenvalue weighted by molar-refractivity contribution is 0.475. The first-order valence-electron chi connectivity index (χ1n) is 5.84. The number of phenols is 1. The summed E-state index contributed by atoms with van der Waals surface area (Å²) in [6.45, 7) is 0. The van der Waals surface area contributed by atoms with Crippen molar-refractivity contribution in [1.29, 1.82) is 0 Å². The molecule has 0 spiro atoms. The second kappa shape index (κ2) is 3.67. The highest BCUT2D eigenvalue weighted by atomic mass is 16.3. The number of hydrogen-bond donors (Lipinski definition) is 3. The number of fused-ring (bicyclic) bond motifs is 3. The maximum Gasteiger partial charge on any atom is 0.349 e. The predicted molar refractivity (Wildman–Crippen MR) is 70.4 cm³/mol. The summed E-state index contributed by atoms with van der Waals surface area (Å²) in [5, 5.41) is 20.7. The van der Waals surface area contributed by atoms with Gasteiger partial charge in [0.2, 0.25) is 0 Å². The van der Waals surface area contributed by atoms with E-state index in [1.54, 1.807) is 30.5 Å². The minimum Gasteiger partial charge on any atom is -0.508 e. The first kappa shape index (κ1) is 10.7. The molecule has 0 radical (unpaired) electrons. The Balaban J connectivity index is 2.05. The second-order valence-corrected chi connectivity index (χ2v) is 4.31. The Kier molecular flexibility index (Phi) is 1.97. The van der Waals surface area contributed by atoms with Crippen molar-refractivity contribution in [1.82, 2.24) is 29.8 Å². The van der Waals surface area contributed by atoms with E-state index in [-0.39, 0.29) is 5.75 Å². The molecule has 3 heterocycles. The molecule has 8 nitrogen and oxygen atoms in total. The summed E-state index contributed by atoms with van der Waals surface area (Å²) in [5.74, 6) is 0.566. The number of aromatic amines is 2. The zero-order valence-electron chi connectivity index (χ0n) is 10.0. The Morgan fingerprint density at radius 2 is 2.00 bits per heavy atom. The molecule has 8 heteroatoms. The van der Waals surface area contributed by atoms with E-state index in [1.807, 2.05) is 0 Å². The van der Waals surface area contributed by atoms with Crippen LogP contribution in [0.25, 0.3) is 28.1 Å². The fourth-order valence-corrected chi connectivity index (χ4v) is 2.07. The predicted octanol–water partition coefficient (Wildman–Crippen LogP) is 0.666. The first-order valence-corrected chi connectivity index (χ1v) is 5.84. The molecule has 0 fully saturated rings. The van der Waals surface area contributed by atoms with Gasteiger partial charge in [0.25, 0.3) is 0 Å². The number of H-pyrrole nitrogens is 2. The average Bonchev–Trinajstić information content (AvgIpc) is 3.05. The standard InChI is InChI=1S/C12H8N6O2/c19-7-3-1-6(2-4-7)9-14-11-8-5-13-16-10(8)15-12(20)18(11)17-9/h1-5,19H,(H2,13,15,16,20). The van der Waals surface area contributed by atoms with E-state index in [0.29, 0.717) is 28.1 Å². The molecule has 0 saturated heterocycles. The van der Waals surface area contributed by atoms with Crippen LogP contribution in [0.15, 0.2) is 35.3 Å². The van der Waals surface area contributed by atoms with Crippen molar-refractivity contribution < 1.29 is 5.11 Å². The number of rotatable bonds is 1. The van der Waals surface area contributed by atoms with Gasteiger partial charge in [-0.05, 0) is 24.3 Å². The van der Waals surface area contributed by atoms with E-state index in [2.05, 4.69) is 25.3 Å². The molecular formula is C12H8N6O2. The highest BCUT2D eigenvalue weighted by Crippen LogP contribution is 2.20. The first-order chi connectivity index (χ1) is 9.72. The zero-order chi connectivity index (χ0) is 13.7. The van der Waals surface area contributed by atoms with Crippen LogP contribution in [-0.4, -0.2) is 34.9 Å². The van der Waals surface area contributed by atoms with Crippen molar-refractivity contribution >= 4 is 16.7 Å². The van der Waals surface area contributed by atoms with E-state index < -0.39 is 5.69 Å². The molecule has 0 bridgehead atoms. The minimum atomic E-state index is -0.394. The molecule has 0 amide bonds. The maximum absolute atomic E-state index is 11.9. The van der Waals surface area contributed by atoms with Gasteiger partial charge in [-0.2, -0.15) is 9.61 Å². The third kappa shape index (κ3) is 1.41. The molecule has 3 N–H and O–H groups in total. The molecule has 0 aliphatic rings. The quantitative estimate of drug-likeness (QED) is 0.469. The number of hydrogen-bond acceptors (Lipinski definition) is 5. The van der Waals surface area contributed by atoms with Crippen molar-refractivity contribution in [3.63, 3.8) is 0 Å². The molecule has 0 saturated carbocycles. The monoisotopic (exact) mass is 268 g/mol. The fraction of sp³-hybridized carbons (Fsp3) is 0. The summed E-state index contributed by atoms with van der Waals surface area (Å²) in [7, 11) is 0. The Labute approximate surface area is 110 Å². The Hall–Kier alpha value is -3.16. The summed E-state index contributed by atoms with van der Waals surface area (Å²) in [4.78, 5) is 18.9. The second-order valence-electron chi connectivity index (χ2n) is 4.31. The van der Waals surface area contributed by atoms with E-state index in [1.165, 1.54) is 4.52 Å². The number of phenolic OH excluding ortho intramolecular Hbond substituents is 1. The lowest BCUT2D eigenvalue weighted by Gasteiger charge is -1.94. The molecule has 1 aromatic carbocycles. The van der Waals surface area contributed by atoms with Gasteiger partial charge in [0.15, 0.2) is 11.5 Å². The van der Waals surface area contributed by atoms with Crippen LogP contribution < -0.4 is 5.69 Å². The Bertz CT molecular complexity index is 979. The molecular weight excluding hydrogens is 260 g/mol. The van der Waals surface area contributed by atoms with Crippen molar-refractivity contribution in [2.45, 2.75) is 0 Å². The van der Waals surface area contributed by atoms with Gasteiger partial charge in [0.05, 0.1) is 11.6 Å². The summed E-state index contributed by atoms with van der Waals surface area (Å²) < 4.78 is 1.19. The van der Waals surface area contributed by atoms with Crippen LogP contribution in [0, 0.1) is 0 Å². The number of nitrogens with zero attached hydrogens (tertiary/aromatic N) is 4. The smallest absolute Gasteiger partial charge is 0.349 e. The fourth-order valence-electron chi connectivity index (χ4n) is 2.07. The van der Waals surface area contributed by atoms with Crippen molar-refractivity contribution in [2.24, 2.45) is 0 Å². The van der Waals surface area contributed by atoms with E-state index in [0.717, 1.165) is 0 Å². The molecule has 0 aliphatic heterocycles. The van der Waals surface area contributed by atoms with Gasteiger partial charge in [-0.1, -0.05) is 0 Å². The largest absolute Gasteiger partial charge is 0.508 e. The third-order valence-corrected chi connectivity index (χ3v) is 3.04. The van der Waals surface area contributed by atoms with Crippen LogP contribution in [0.2, 0.25) is 0 Å². The summed E-state index contributed by atoms with van der Waals surface area (Å²) in [6.07, 6.45) is 1.58. The van der Waals surface area contributed by atoms with Crippen LogP contribution in [0.3, 0.4) is 0 Å². The normalized spacial score (nSPS) is 11.4. The maximum atomic E-state index is 11.9. The van der Waals surface area contributed by atoms with Crippen LogP contribution in [0.1, 0.15) is 0 Å². The zero-order valence-corrected chi connectivity index (χ0v) is 10.0. The van der Waals surface area contributed by atoms with Crippen LogP contribution in [0.4, 0.5) is 0 Å². The lowest BCUT2D eigenvalue weighted by atomic mass is 10.2. The van der Waals surface area contributed by atoms with Gasteiger partial charge in [-0.3, -0.25) is 10.1 Å². The molecule has 98 valence electrons. The number of nitrogens with one attached hydrogen (secondary N) is 2. The van der Waals surface area contributed by atoms with Crippen LogP contribution >= 0.6 is 0 Å². The molecule has 4 aromatic rings. The molecule has 20 heavy (non-hydrogen) atoms. The Morgan fingerprint density at radius 3 is 2.80 bits per heavy atom. The van der Waals surface area contributed by atoms with E-state index in [9.17, 15) is 9.90 Å². The van der Waals surface area contributed by atoms with Crippen molar-refractivity contribution in [3.05, 3.63) is 40.9 Å². The van der Waals surface area contributed by atoms with Gasteiger partial charge >= 0.3 is 5.69 Å². The van der Waals surface area contributed by atoms with Crippen LogP contribution in [0.5, 0.6) is 5.75 Å². The van der Waals surface area contributed by atoms with Gasteiger partial charge in [0.1, 0.15) is 11.4 Å². The number of aromatic hydroxyl groups is 1. The molecule has 0 aliphatic carbocycles. The summed E-state index contributed by atoms with van der Waals surface area (Å²) >= 11 is 0.